The van der Waals surface area contributed by atoms with Gasteiger partial charge in [0.05, 0.1) is 4.92 Å². The molecule has 0 saturated heterocycles. The molecule has 5 nitrogen and oxygen atoms in total. The fourth-order valence-electron chi connectivity index (χ4n) is 2.56. The van der Waals surface area contributed by atoms with E-state index in [0.29, 0.717) is 18.4 Å². The van der Waals surface area contributed by atoms with Crippen molar-refractivity contribution in [2.75, 3.05) is 13.2 Å². The van der Waals surface area contributed by atoms with Crippen molar-refractivity contribution in [1.82, 2.24) is 5.32 Å². The zero-order valence-electron chi connectivity index (χ0n) is 11.9. The van der Waals surface area contributed by atoms with Gasteiger partial charge in [0.1, 0.15) is 12.4 Å². The second-order valence-corrected chi connectivity index (χ2v) is 5.51. The molecule has 1 aromatic rings. The summed E-state index contributed by atoms with van der Waals surface area (Å²) in [7, 11) is 0. The van der Waals surface area contributed by atoms with Crippen LogP contribution in [0.1, 0.15) is 32.6 Å². The van der Waals surface area contributed by atoms with Gasteiger partial charge in [0.15, 0.2) is 0 Å². The Labute approximate surface area is 119 Å². The lowest BCUT2D eigenvalue weighted by molar-refractivity contribution is -0.384. The SMILES string of the molecule is CC1CCC(NCCOc2ccc([N+](=O)[O-])cc2)CC1. The van der Waals surface area contributed by atoms with E-state index in [1.165, 1.54) is 37.8 Å². The topological polar surface area (TPSA) is 64.4 Å². The summed E-state index contributed by atoms with van der Waals surface area (Å²) in [6.07, 6.45) is 5.11. The maximum Gasteiger partial charge on any atom is 0.269 e. The molecule has 0 bridgehead atoms. The first-order valence-electron chi connectivity index (χ1n) is 7.26. The van der Waals surface area contributed by atoms with E-state index >= 15 is 0 Å². The number of hydrogen-bond acceptors (Lipinski definition) is 4. The van der Waals surface area contributed by atoms with Crippen LogP contribution >= 0.6 is 0 Å². The molecular weight excluding hydrogens is 256 g/mol. The predicted octanol–water partition coefficient (Wildman–Crippen LogP) is 3.14. The van der Waals surface area contributed by atoms with Gasteiger partial charge in [-0.3, -0.25) is 10.1 Å². The van der Waals surface area contributed by atoms with E-state index < -0.39 is 4.92 Å². The van der Waals surface area contributed by atoms with Crippen LogP contribution in [0.5, 0.6) is 5.75 Å². The van der Waals surface area contributed by atoms with Crippen molar-refractivity contribution < 1.29 is 9.66 Å². The van der Waals surface area contributed by atoms with Crippen molar-refractivity contribution in [3.8, 4) is 5.75 Å². The summed E-state index contributed by atoms with van der Waals surface area (Å²) in [5.41, 5.74) is 0.0896. The van der Waals surface area contributed by atoms with Gasteiger partial charge in [-0.15, -0.1) is 0 Å². The second-order valence-electron chi connectivity index (χ2n) is 5.51. The van der Waals surface area contributed by atoms with Crippen molar-refractivity contribution in [3.05, 3.63) is 34.4 Å². The number of ether oxygens (including phenoxy) is 1. The van der Waals surface area contributed by atoms with E-state index in [-0.39, 0.29) is 5.69 Å². The summed E-state index contributed by atoms with van der Waals surface area (Å²) >= 11 is 0. The molecule has 1 aromatic carbocycles. The average Bonchev–Trinajstić information content (AvgIpc) is 2.46. The minimum atomic E-state index is -0.407. The highest BCUT2D eigenvalue weighted by molar-refractivity contribution is 5.35. The van der Waals surface area contributed by atoms with Gasteiger partial charge in [0.25, 0.3) is 5.69 Å². The summed E-state index contributed by atoms with van der Waals surface area (Å²) in [5.74, 6) is 1.54. The summed E-state index contributed by atoms with van der Waals surface area (Å²) in [6.45, 7) is 3.72. The number of nitro benzene ring substituents is 1. The minimum absolute atomic E-state index is 0.0896. The standard InChI is InChI=1S/C15H22N2O3/c1-12-2-4-13(5-3-12)16-10-11-20-15-8-6-14(7-9-15)17(18)19/h6-9,12-13,16H,2-5,10-11H2,1H3. The van der Waals surface area contributed by atoms with Crippen molar-refractivity contribution in [2.45, 2.75) is 38.6 Å². The molecule has 0 radical (unpaired) electrons. The van der Waals surface area contributed by atoms with Crippen LogP contribution in [0.2, 0.25) is 0 Å². The van der Waals surface area contributed by atoms with Crippen LogP contribution in [0.25, 0.3) is 0 Å². The third kappa shape index (κ3) is 4.49. The minimum Gasteiger partial charge on any atom is -0.492 e. The molecule has 1 aliphatic rings. The molecule has 1 fully saturated rings. The molecule has 110 valence electrons. The van der Waals surface area contributed by atoms with Crippen molar-refractivity contribution >= 4 is 5.69 Å². The van der Waals surface area contributed by atoms with Gasteiger partial charge in [-0.25, -0.2) is 0 Å². The van der Waals surface area contributed by atoms with Crippen LogP contribution < -0.4 is 10.1 Å². The van der Waals surface area contributed by atoms with Crippen LogP contribution in [-0.4, -0.2) is 24.1 Å². The molecule has 0 atom stereocenters. The van der Waals surface area contributed by atoms with Crippen LogP contribution in [0.3, 0.4) is 0 Å². The van der Waals surface area contributed by atoms with Gasteiger partial charge < -0.3 is 10.1 Å². The number of nitrogens with zero attached hydrogens (tertiary/aromatic N) is 1. The van der Waals surface area contributed by atoms with Gasteiger partial charge >= 0.3 is 0 Å². The smallest absolute Gasteiger partial charge is 0.269 e. The highest BCUT2D eigenvalue weighted by atomic mass is 16.6. The molecule has 0 unspecified atom stereocenters. The zero-order chi connectivity index (χ0) is 14.4. The van der Waals surface area contributed by atoms with Crippen LogP contribution in [0, 0.1) is 16.0 Å². The fraction of sp³-hybridized carbons (Fsp3) is 0.600. The molecule has 0 heterocycles. The first-order valence-corrected chi connectivity index (χ1v) is 7.26. The average molecular weight is 278 g/mol. The molecule has 0 aliphatic heterocycles. The molecule has 1 aliphatic carbocycles. The molecular formula is C15H22N2O3. The van der Waals surface area contributed by atoms with E-state index in [1.807, 2.05) is 0 Å². The lowest BCUT2D eigenvalue weighted by Crippen LogP contribution is -2.35. The Kier molecular flexibility index (Phi) is 5.35. The Bertz CT molecular complexity index is 425. The first kappa shape index (κ1) is 14.8. The lowest BCUT2D eigenvalue weighted by Gasteiger charge is -2.27. The summed E-state index contributed by atoms with van der Waals surface area (Å²) in [5, 5.41) is 14.0. The molecule has 2 rings (SSSR count). The Balaban J connectivity index is 1.64. The van der Waals surface area contributed by atoms with Crippen LogP contribution in [0.15, 0.2) is 24.3 Å². The Morgan fingerprint density at radius 2 is 1.90 bits per heavy atom. The van der Waals surface area contributed by atoms with Gasteiger partial charge in [-0.05, 0) is 43.7 Å². The third-order valence-electron chi connectivity index (χ3n) is 3.87. The maximum absolute atomic E-state index is 10.5. The number of non-ortho nitro benzene ring substituents is 1. The molecule has 0 aromatic heterocycles. The first-order chi connectivity index (χ1) is 9.65. The third-order valence-corrected chi connectivity index (χ3v) is 3.87. The monoisotopic (exact) mass is 278 g/mol. The van der Waals surface area contributed by atoms with Gasteiger partial charge in [0, 0.05) is 24.7 Å². The second kappa shape index (κ2) is 7.24. The molecule has 20 heavy (non-hydrogen) atoms. The van der Waals surface area contributed by atoms with Gasteiger partial charge in [-0.1, -0.05) is 6.92 Å². The molecule has 5 heteroatoms. The Hall–Kier alpha value is -1.62. The van der Waals surface area contributed by atoms with E-state index in [9.17, 15) is 10.1 Å². The Morgan fingerprint density at radius 3 is 2.50 bits per heavy atom. The highest BCUT2D eigenvalue weighted by Crippen LogP contribution is 2.23. The molecule has 1 saturated carbocycles. The summed E-state index contributed by atoms with van der Waals surface area (Å²) in [4.78, 5) is 10.1. The van der Waals surface area contributed by atoms with E-state index in [2.05, 4.69) is 12.2 Å². The maximum atomic E-state index is 10.5. The molecule has 1 N–H and O–H groups in total. The predicted molar refractivity (Wildman–Crippen MR) is 78.0 cm³/mol. The van der Waals surface area contributed by atoms with Gasteiger partial charge in [0.2, 0.25) is 0 Å². The van der Waals surface area contributed by atoms with Crippen molar-refractivity contribution in [1.29, 1.82) is 0 Å². The summed E-state index contributed by atoms with van der Waals surface area (Å²) in [6, 6.07) is 6.82. The van der Waals surface area contributed by atoms with E-state index in [1.54, 1.807) is 12.1 Å². The van der Waals surface area contributed by atoms with Crippen molar-refractivity contribution in [2.24, 2.45) is 5.92 Å². The van der Waals surface area contributed by atoms with Crippen LogP contribution in [0.4, 0.5) is 5.69 Å². The lowest BCUT2D eigenvalue weighted by atomic mass is 9.87. The van der Waals surface area contributed by atoms with E-state index in [4.69, 9.17) is 4.74 Å². The molecule has 0 spiro atoms. The number of nitrogens with one attached hydrogen (secondary N) is 1. The molecule has 0 amide bonds. The largest absolute Gasteiger partial charge is 0.492 e. The number of hydrogen-bond donors (Lipinski definition) is 1. The van der Waals surface area contributed by atoms with Crippen molar-refractivity contribution in [3.63, 3.8) is 0 Å². The van der Waals surface area contributed by atoms with Crippen LogP contribution in [-0.2, 0) is 0 Å². The fourth-order valence-corrected chi connectivity index (χ4v) is 2.56. The van der Waals surface area contributed by atoms with E-state index in [0.717, 1.165) is 12.5 Å². The van der Waals surface area contributed by atoms with Gasteiger partial charge in [-0.2, -0.15) is 0 Å². The Morgan fingerprint density at radius 1 is 1.25 bits per heavy atom. The normalized spacial score (nSPS) is 22.4. The number of benzene rings is 1. The highest BCUT2D eigenvalue weighted by Gasteiger charge is 2.17. The zero-order valence-corrected chi connectivity index (χ0v) is 11.9. The number of rotatable bonds is 6. The number of nitro groups is 1. The summed E-state index contributed by atoms with van der Waals surface area (Å²) < 4.78 is 5.57. The quantitative estimate of drug-likeness (QED) is 0.493.